The van der Waals surface area contributed by atoms with Crippen LogP contribution in [0.4, 0.5) is 0 Å². The Morgan fingerprint density at radius 2 is 1.40 bits per heavy atom. The Morgan fingerprint density at radius 3 is 1.87 bits per heavy atom. The summed E-state index contributed by atoms with van der Waals surface area (Å²) >= 11 is 0. The molecule has 1 amide bonds. The molecule has 1 saturated heterocycles. The number of hydrogen-bond donors (Lipinski definition) is 2. The van der Waals surface area contributed by atoms with Crippen LogP contribution in [0, 0.1) is 6.92 Å². The number of rotatable bonds is 9. The van der Waals surface area contributed by atoms with Gasteiger partial charge in [0.2, 0.25) is 5.91 Å². The molecule has 1 aromatic heterocycles. The highest BCUT2D eigenvalue weighted by Gasteiger charge is 2.48. The Labute approximate surface area is 265 Å². The van der Waals surface area contributed by atoms with Crippen molar-refractivity contribution in [3.8, 4) is 0 Å². The molecule has 2 heterocycles. The molecule has 0 aliphatic carbocycles. The number of amides is 1. The van der Waals surface area contributed by atoms with Crippen LogP contribution in [0.15, 0.2) is 107 Å². The maximum absolute atomic E-state index is 15.0. The van der Waals surface area contributed by atoms with Crippen molar-refractivity contribution < 1.29 is 14.0 Å². The van der Waals surface area contributed by atoms with Gasteiger partial charge in [0.05, 0.1) is 12.6 Å². The number of aryl methyl sites for hydroxylation is 1. The summed E-state index contributed by atoms with van der Waals surface area (Å²) in [4.78, 5) is 42.4. The number of H-pyrrole nitrogens is 1. The van der Waals surface area contributed by atoms with Crippen molar-refractivity contribution in [3.05, 3.63) is 140 Å². The third kappa shape index (κ3) is 6.38. The van der Waals surface area contributed by atoms with Gasteiger partial charge in [0.15, 0.2) is 8.32 Å². The Morgan fingerprint density at radius 1 is 0.911 bits per heavy atom. The van der Waals surface area contributed by atoms with E-state index in [0.29, 0.717) is 12.0 Å². The summed E-state index contributed by atoms with van der Waals surface area (Å²) in [5.74, 6) is -0.206. The highest BCUT2D eigenvalue weighted by Crippen LogP contribution is 2.41. The minimum Gasteiger partial charge on any atom is -0.414 e. The number of nitrogens with one attached hydrogen (secondary N) is 2. The number of hydrogen-bond acceptors (Lipinski definition) is 5. The van der Waals surface area contributed by atoms with Gasteiger partial charge in [-0.05, 0) is 41.7 Å². The summed E-state index contributed by atoms with van der Waals surface area (Å²) in [6.07, 6.45) is 0.597. The minimum absolute atomic E-state index is 0.0280. The molecular weight excluding hydrogens is 582 g/mol. The lowest BCUT2D eigenvalue weighted by Gasteiger charge is -2.38. The normalized spacial score (nSPS) is 18.9. The van der Waals surface area contributed by atoms with Crippen LogP contribution >= 0.6 is 0 Å². The second-order valence-electron chi connectivity index (χ2n) is 13.3. The first-order chi connectivity index (χ1) is 21.3. The summed E-state index contributed by atoms with van der Waals surface area (Å²) in [6.45, 7) is 12.8. The highest BCUT2D eigenvalue weighted by molar-refractivity contribution is 6.74. The lowest BCUT2D eigenvalue weighted by atomic mass is 9.68. The van der Waals surface area contributed by atoms with E-state index >= 15 is 4.79 Å². The summed E-state index contributed by atoms with van der Waals surface area (Å²) < 4.78 is 14.5. The molecule has 9 heteroatoms. The van der Waals surface area contributed by atoms with E-state index in [9.17, 15) is 9.59 Å². The predicted molar refractivity (Wildman–Crippen MR) is 179 cm³/mol. The summed E-state index contributed by atoms with van der Waals surface area (Å²) in [5.41, 5.74) is 0.730. The van der Waals surface area contributed by atoms with Crippen LogP contribution in [0.25, 0.3) is 0 Å². The largest absolute Gasteiger partial charge is 0.414 e. The molecule has 236 valence electrons. The number of carbonyl (C=O) groups is 1. The lowest BCUT2D eigenvalue weighted by Crippen LogP contribution is -2.53. The molecule has 1 fully saturated rings. The average molecular weight is 626 g/mol. The van der Waals surface area contributed by atoms with Crippen molar-refractivity contribution in [2.45, 2.75) is 76.0 Å². The zero-order chi connectivity index (χ0) is 32.4. The van der Waals surface area contributed by atoms with Crippen molar-refractivity contribution in [1.82, 2.24) is 14.9 Å². The van der Waals surface area contributed by atoms with Crippen molar-refractivity contribution >= 4 is 14.2 Å². The second kappa shape index (κ2) is 12.7. The molecular formula is C36H43N3O5Si. The van der Waals surface area contributed by atoms with Crippen LogP contribution in [0.2, 0.25) is 18.1 Å². The molecule has 0 saturated carbocycles. The van der Waals surface area contributed by atoms with E-state index in [1.165, 1.54) is 10.8 Å². The van der Waals surface area contributed by atoms with Gasteiger partial charge < -0.3 is 14.5 Å². The van der Waals surface area contributed by atoms with Crippen LogP contribution in [0.3, 0.4) is 0 Å². The van der Waals surface area contributed by atoms with Crippen molar-refractivity contribution in [3.63, 3.8) is 0 Å². The van der Waals surface area contributed by atoms with Gasteiger partial charge in [-0.15, -0.1) is 0 Å². The van der Waals surface area contributed by atoms with Crippen molar-refractivity contribution in [2.75, 3.05) is 6.61 Å². The number of benzene rings is 3. The standard InChI is InChI=1S/C36H43N3O5Si/c1-25-23-39(34(42)38-32(25)40)31-22-29(30(44-31)24-43-45(5,6)35(2,3)4)37-33(41)36(26-16-10-7-11-17-26,27-18-12-8-13-19-27)28-20-14-9-15-21-28/h7-21,23,29-31H,22,24H2,1-6H3,(H,37,41)(H,38,40,42)/t29-,30+,31+/m0/s1. The van der Waals surface area contributed by atoms with Gasteiger partial charge in [-0.3, -0.25) is 19.1 Å². The molecule has 0 unspecified atom stereocenters. The van der Waals surface area contributed by atoms with E-state index in [4.69, 9.17) is 9.16 Å². The molecule has 3 atom stereocenters. The summed E-state index contributed by atoms with van der Waals surface area (Å²) in [6, 6.07) is 28.9. The molecule has 4 aromatic rings. The first-order valence-electron chi connectivity index (χ1n) is 15.4. The van der Waals surface area contributed by atoms with Gasteiger partial charge in [-0.25, -0.2) is 4.79 Å². The Kier molecular flexibility index (Phi) is 9.16. The molecule has 3 aromatic carbocycles. The maximum atomic E-state index is 15.0. The monoisotopic (exact) mass is 625 g/mol. The molecule has 0 radical (unpaired) electrons. The zero-order valence-corrected chi connectivity index (χ0v) is 27.9. The molecule has 1 aliphatic heterocycles. The molecule has 2 N–H and O–H groups in total. The van der Waals surface area contributed by atoms with Crippen LogP contribution in [-0.2, 0) is 19.4 Å². The molecule has 0 bridgehead atoms. The quantitative estimate of drug-likeness (QED) is 0.184. The van der Waals surface area contributed by atoms with Crippen LogP contribution in [0.1, 0.15) is 55.7 Å². The Bertz CT molecular complexity index is 1630. The topological polar surface area (TPSA) is 102 Å². The van der Waals surface area contributed by atoms with Crippen LogP contribution < -0.4 is 16.6 Å². The van der Waals surface area contributed by atoms with E-state index in [2.05, 4.69) is 44.2 Å². The fourth-order valence-electron chi connectivity index (χ4n) is 5.75. The van der Waals surface area contributed by atoms with Gasteiger partial charge in [-0.2, -0.15) is 0 Å². The van der Waals surface area contributed by atoms with Crippen LogP contribution in [0.5, 0.6) is 0 Å². The second-order valence-corrected chi connectivity index (χ2v) is 18.2. The molecule has 0 spiro atoms. The van der Waals surface area contributed by atoms with Gasteiger partial charge >= 0.3 is 5.69 Å². The van der Waals surface area contributed by atoms with Crippen molar-refractivity contribution in [1.29, 1.82) is 0 Å². The van der Waals surface area contributed by atoms with Gasteiger partial charge in [-0.1, -0.05) is 112 Å². The van der Waals surface area contributed by atoms with Gasteiger partial charge in [0.1, 0.15) is 17.7 Å². The molecule has 8 nitrogen and oxygen atoms in total. The third-order valence-electron chi connectivity index (χ3n) is 9.38. The highest BCUT2D eigenvalue weighted by atomic mass is 28.4. The van der Waals surface area contributed by atoms with E-state index in [1.807, 2.05) is 91.0 Å². The van der Waals surface area contributed by atoms with E-state index < -0.39 is 43.4 Å². The Balaban J connectivity index is 1.58. The van der Waals surface area contributed by atoms with Crippen LogP contribution in [-0.4, -0.2) is 42.5 Å². The number of ether oxygens (including phenoxy) is 1. The van der Waals surface area contributed by atoms with Crippen molar-refractivity contribution in [2.24, 2.45) is 0 Å². The molecule has 1 aliphatic rings. The number of aromatic nitrogens is 2. The molecule has 5 rings (SSSR count). The van der Waals surface area contributed by atoms with E-state index in [-0.39, 0.29) is 17.6 Å². The number of aromatic amines is 1. The summed E-state index contributed by atoms with van der Waals surface area (Å²) in [7, 11) is -2.17. The first-order valence-corrected chi connectivity index (χ1v) is 18.3. The number of nitrogens with zero attached hydrogens (tertiary/aromatic N) is 1. The number of carbonyl (C=O) groups excluding carboxylic acids is 1. The van der Waals surface area contributed by atoms with E-state index in [1.54, 1.807) is 6.92 Å². The van der Waals surface area contributed by atoms with Gasteiger partial charge in [0.25, 0.3) is 5.56 Å². The average Bonchev–Trinajstić information content (AvgIpc) is 3.41. The predicted octanol–water partition coefficient (Wildman–Crippen LogP) is 5.67. The molecule has 45 heavy (non-hydrogen) atoms. The fraction of sp³-hybridized carbons (Fsp3) is 0.361. The van der Waals surface area contributed by atoms with E-state index in [0.717, 1.165) is 16.7 Å². The first kappa shape index (κ1) is 32.3. The fourth-order valence-corrected chi connectivity index (χ4v) is 6.76. The minimum atomic E-state index is -2.17. The summed E-state index contributed by atoms with van der Waals surface area (Å²) in [5, 5.41) is 3.34. The SMILES string of the molecule is Cc1cn([C@H]2C[C@H](NC(=O)C(c3ccccc3)(c3ccccc3)c3ccccc3)[C@@H](CO[Si](C)(C)C(C)(C)C)O2)c(=O)[nH]c1=O. The Hall–Kier alpha value is -4.05. The maximum Gasteiger partial charge on any atom is 0.330 e. The van der Waals surface area contributed by atoms with Gasteiger partial charge in [0, 0.05) is 18.2 Å². The third-order valence-corrected chi connectivity index (χ3v) is 13.9. The lowest BCUT2D eigenvalue weighted by molar-refractivity contribution is -0.125. The smallest absolute Gasteiger partial charge is 0.330 e. The zero-order valence-electron chi connectivity index (χ0n) is 26.9.